The molecule has 11 heteroatoms. The lowest BCUT2D eigenvalue weighted by atomic mass is 9.80. The van der Waals surface area contributed by atoms with E-state index < -0.39 is 16.7 Å². The summed E-state index contributed by atoms with van der Waals surface area (Å²) in [6.07, 6.45) is 6.40. The van der Waals surface area contributed by atoms with Gasteiger partial charge in [0, 0.05) is 53.7 Å². The van der Waals surface area contributed by atoms with Gasteiger partial charge in [-0.05, 0) is 56.3 Å². The van der Waals surface area contributed by atoms with Crippen LogP contribution in [-0.2, 0) is 20.1 Å². The second-order valence-corrected chi connectivity index (χ2v) is 11.2. The molecule has 0 saturated carbocycles. The maximum Gasteiger partial charge on any atom is 0.347 e. The molecule has 0 unspecified atom stereocenters. The topological polar surface area (TPSA) is 111 Å². The molecule has 38 heavy (non-hydrogen) atoms. The van der Waals surface area contributed by atoms with Crippen LogP contribution in [-0.4, -0.2) is 37.0 Å². The van der Waals surface area contributed by atoms with Gasteiger partial charge in [0.2, 0.25) is 0 Å². The smallest absolute Gasteiger partial charge is 0.345 e. The third-order valence-electron chi connectivity index (χ3n) is 7.19. The Labute approximate surface area is 227 Å². The minimum atomic E-state index is -0.623. The number of nitrogens with zero attached hydrogens (tertiary/aromatic N) is 6. The third kappa shape index (κ3) is 4.22. The van der Waals surface area contributed by atoms with Crippen LogP contribution < -0.4 is 16.6 Å². The summed E-state index contributed by atoms with van der Waals surface area (Å²) in [6.45, 7) is 2.28. The first kappa shape index (κ1) is 23.3. The first-order chi connectivity index (χ1) is 18.9. The highest BCUT2D eigenvalue weighted by molar-refractivity contribution is 7.19. The Kier molecular flexibility index (Phi) is 5.84. The molecule has 0 bridgehead atoms. The monoisotopic (exact) mass is 546 g/mol. The van der Waals surface area contributed by atoms with Gasteiger partial charge in [-0.3, -0.25) is 14.3 Å². The zero-order chi connectivity index (χ0) is 27.1. The molecule has 5 heterocycles. The van der Waals surface area contributed by atoms with Crippen molar-refractivity contribution >= 4 is 44.1 Å². The van der Waals surface area contributed by atoms with E-state index in [0.717, 1.165) is 78.5 Å². The molecule has 1 aliphatic heterocycles. The van der Waals surface area contributed by atoms with Gasteiger partial charge in [0.1, 0.15) is 6.20 Å². The van der Waals surface area contributed by atoms with Gasteiger partial charge in [-0.15, -0.1) is 11.3 Å². The standard InChI is InChI=1S/C27H24ClN7O2S/c1-33-26(37)35(23(36)13-32-33)14-19-12-22-25(38-19)20(2-6-31-22)21-11-18(28)10-17-3-9-34(24(17)21)16-27(15-29)4-7-30-8-5-27/h2-3,6,9-13,30H,4-5,7-8,14,16H2,1H3/i1D. The van der Waals surface area contributed by atoms with Crippen LogP contribution in [0.1, 0.15) is 19.1 Å². The fourth-order valence-electron chi connectivity index (χ4n) is 5.24. The van der Waals surface area contributed by atoms with Crippen LogP contribution in [0.3, 0.4) is 0 Å². The van der Waals surface area contributed by atoms with Crippen molar-refractivity contribution in [3.8, 4) is 17.2 Å². The SMILES string of the molecule is [2H]Cn1ncc(=O)n(Cc2cc3nccc(-c4cc(Cl)cc5ccn(CC6(C#N)CCNCC6)c45)c3s2)c1=O. The lowest BCUT2D eigenvalue weighted by Crippen LogP contribution is -2.39. The van der Waals surface area contributed by atoms with Crippen molar-refractivity contribution in [1.82, 2.24) is 29.2 Å². The number of fused-ring (bicyclic) bond motifs is 2. The maximum atomic E-state index is 12.6. The zero-order valence-corrected chi connectivity index (χ0v) is 21.9. The highest BCUT2D eigenvalue weighted by Crippen LogP contribution is 2.40. The molecule has 1 N–H and O–H groups in total. The van der Waals surface area contributed by atoms with E-state index in [1.165, 1.54) is 11.3 Å². The number of aryl methyl sites for hydroxylation is 1. The molecule has 0 amide bonds. The number of hydrogen-bond donors (Lipinski definition) is 1. The van der Waals surface area contributed by atoms with Crippen molar-refractivity contribution in [2.75, 3.05) is 13.1 Å². The summed E-state index contributed by atoms with van der Waals surface area (Å²) in [4.78, 5) is 30.3. The Morgan fingerprint density at radius 2 is 2.08 bits per heavy atom. The van der Waals surface area contributed by atoms with Gasteiger partial charge in [-0.2, -0.15) is 10.4 Å². The van der Waals surface area contributed by atoms with E-state index >= 15 is 0 Å². The molecule has 1 saturated heterocycles. The Morgan fingerprint density at radius 1 is 1.24 bits per heavy atom. The average Bonchev–Trinajstić information content (AvgIpc) is 3.54. The maximum absolute atomic E-state index is 12.6. The number of aromatic nitrogens is 5. The molecular formula is C27H24ClN7O2S. The van der Waals surface area contributed by atoms with Crippen molar-refractivity contribution in [3.05, 3.63) is 79.7 Å². The number of benzene rings is 1. The van der Waals surface area contributed by atoms with E-state index in [1.807, 2.05) is 36.5 Å². The minimum absolute atomic E-state index is 0.0563. The molecule has 0 atom stereocenters. The van der Waals surface area contributed by atoms with Gasteiger partial charge in [0.05, 0.1) is 33.8 Å². The van der Waals surface area contributed by atoms with Gasteiger partial charge in [-0.1, -0.05) is 11.6 Å². The van der Waals surface area contributed by atoms with Gasteiger partial charge in [0.15, 0.2) is 0 Å². The Morgan fingerprint density at radius 3 is 2.87 bits per heavy atom. The average molecular weight is 547 g/mol. The first-order valence-corrected chi connectivity index (χ1v) is 13.4. The van der Waals surface area contributed by atoms with Crippen LogP contribution in [0.5, 0.6) is 0 Å². The fraction of sp³-hybridized carbons (Fsp3) is 0.296. The normalized spacial score (nSPS) is 15.5. The van der Waals surface area contributed by atoms with Crippen molar-refractivity contribution < 1.29 is 1.37 Å². The second-order valence-electron chi connectivity index (χ2n) is 9.61. The summed E-state index contributed by atoms with van der Waals surface area (Å²) in [7, 11) is -0.370. The molecule has 1 aromatic carbocycles. The predicted molar refractivity (Wildman–Crippen MR) is 149 cm³/mol. The lowest BCUT2D eigenvalue weighted by molar-refractivity contribution is 0.247. The van der Waals surface area contributed by atoms with Crippen LogP contribution in [0.4, 0.5) is 0 Å². The summed E-state index contributed by atoms with van der Waals surface area (Å²) in [6, 6.07) is 12.3. The van der Waals surface area contributed by atoms with E-state index in [0.29, 0.717) is 11.6 Å². The molecule has 0 aliphatic carbocycles. The molecule has 1 fully saturated rings. The zero-order valence-electron chi connectivity index (χ0n) is 21.4. The van der Waals surface area contributed by atoms with Crippen LogP contribution in [0.25, 0.3) is 32.2 Å². The summed E-state index contributed by atoms with van der Waals surface area (Å²) >= 11 is 8.03. The van der Waals surface area contributed by atoms with Crippen molar-refractivity contribution in [3.63, 3.8) is 0 Å². The minimum Gasteiger partial charge on any atom is -0.345 e. The molecule has 0 spiro atoms. The van der Waals surface area contributed by atoms with Gasteiger partial charge in [-0.25, -0.2) is 9.48 Å². The second kappa shape index (κ2) is 9.51. The number of nitriles is 1. The van der Waals surface area contributed by atoms with E-state index in [4.69, 9.17) is 13.0 Å². The number of nitrogens with one attached hydrogen (secondary N) is 1. The van der Waals surface area contributed by atoms with Crippen LogP contribution >= 0.6 is 22.9 Å². The van der Waals surface area contributed by atoms with E-state index in [-0.39, 0.29) is 13.6 Å². The number of pyridine rings is 1. The largest absolute Gasteiger partial charge is 0.347 e. The quantitative estimate of drug-likeness (QED) is 0.359. The highest BCUT2D eigenvalue weighted by Gasteiger charge is 2.33. The third-order valence-corrected chi connectivity index (χ3v) is 8.55. The van der Waals surface area contributed by atoms with Crippen LogP contribution in [0, 0.1) is 16.7 Å². The molecule has 4 aromatic heterocycles. The first-order valence-electron chi connectivity index (χ1n) is 12.9. The summed E-state index contributed by atoms with van der Waals surface area (Å²) in [5, 5.41) is 18.8. The Bertz CT molecular complexity index is 1880. The number of thiophene rings is 1. The summed E-state index contributed by atoms with van der Waals surface area (Å²) in [5.41, 5.74) is 2.03. The molecule has 6 rings (SSSR count). The van der Waals surface area contributed by atoms with Gasteiger partial charge < -0.3 is 9.88 Å². The number of rotatable bonds is 5. The summed E-state index contributed by atoms with van der Waals surface area (Å²) in [5.74, 6) is 0. The number of hydrogen-bond acceptors (Lipinski definition) is 7. The van der Waals surface area contributed by atoms with E-state index in [2.05, 4.69) is 26.0 Å². The molecule has 1 aliphatic rings. The molecule has 5 aromatic rings. The van der Waals surface area contributed by atoms with Gasteiger partial charge >= 0.3 is 5.69 Å². The van der Waals surface area contributed by atoms with Crippen LogP contribution in [0.15, 0.2) is 58.5 Å². The molecular weight excluding hydrogens is 522 g/mol. The molecule has 0 radical (unpaired) electrons. The summed E-state index contributed by atoms with van der Waals surface area (Å²) < 4.78 is 12.6. The number of piperidine rings is 1. The Balaban J connectivity index is 1.47. The van der Waals surface area contributed by atoms with Gasteiger partial charge in [0.25, 0.3) is 5.56 Å². The van der Waals surface area contributed by atoms with Crippen molar-refractivity contribution in [1.29, 1.82) is 5.26 Å². The lowest BCUT2D eigenvalue weighted by Gasteiger charge is -2.32. The highest BCUT2D eigenvalue weighted by atomic mass is 35.5. The Hall–Kier alpha value is -3.78. The molecule has 9 nitrogen and oxygen atoms in total. The number of halogens is 1. The van der Waals surface area contributed by atoms with Crippen LogP contribution in [0.2, 0.25) is 5.02 Å². The fourth-order valence-corrected chi connectivity index (χ4v) is 6.59. The van der Waals surface area contributed by atoms with Crippen molar-refractivity contribution in [2.45, 2.75) is 25.9 Å². The van der Waals surface area contributed by atoms with E-state index in [1.54, 1.807) is 6.20 Å². The predicted octanol–water partition coefficient (Wildman–Crippen LogP) is 3.77. The van der Waals surface area contributed by atoms with Crippen molar-refractivity contribution in [2.24, 2.45) is 12.4 Å². The molecule has 192 valence electrons. The van der Waals surface area contributed by atoms with E-state index in [9.17, 15) is 14.9 Å².